The van der Waals surface area contributed by atoms with E-state index in [0.29, 0.717) is 20.9 Å². The number of hydrogen-bond donors (Lipinski definition) is 0. The Hall–Kier alpha value is -2.77. The molecular formula is C26H23FN2O2S2. The Morgan fingerprint density at radius 3 is 2.64 bits per heavy atom. The second-order valence-corrected chi connectivity index (χ2v) is 10.2. The van der Waals surface area contributed by atoms with Crippen LogP contribution in [0.2, 0.25) is 0 Å². The molecule has 0 aliphatic heterocycles. The smallest absolute Gasteiger partial charge is 0.267 e. The zero-order valence-corrected chi connectivity index (χ0v) is 19.9. The van der Waals surface area contributed by atoms with E-state index < -0.39 is 5.82 Å². The summed E-state index contributed by atoms with van der Waals surface area (Å²) in [7, 11) is 0. The number of aromatic nitrogens is 2. The van der Waals surface area contributed by atoms with Gasteiger partial charge in [0.25, 0.3) is 5.56 Å². The topological polar surface area (TPSA) is 52.0 Å². The van der Waals surface area contributed by atoms with E-state index >= 15 is 0 Å². The molecule has 168 valence electrons. The summed E-state index contributed by atoms with van der Waals surface area (Å²) < 4.78 is 16.1. The van der Waals surface area contributed by atoms with Gasteiger partial charge in [-0.15, -0.1) is 11.3 Å². The molecule has 0 saturated heterocycles. The van der Waals surface area contributed by atoms with Gasteiger partial charge < -0.3 is 0 Å². The molecule has 1 aliphatic carbocycles. The van der Waals surface area contributed by atoms with E-state index in [2.05, 4.69) is 6.92 Å². The van der Waals surface area contributed by atoms with Crippen molar-refractivity contribution in [1.82, 2.24) is 9.55 Å². The lowest BCUT2D eigenvalue weighted by atomic mass is 9.97. The monoisotopic (exact) mass is 478 g/mol. The number of para-hydroxylation sites is 1. The highest BCUT2D eigenvalue weighted by Crippen LogP contribution is 2.35. The van der Waals surface area contributed by atoms with Crippen LogP contribution in [0.4, 0.5) is 4.39 Å². The van der Waals surface area contributed by atoms with E-state index in [0.717, 1.165) is 37.7 Å². The zero-order valence-electron chi connectivity index (χ0n) is 18.3. The molecule has 0 fully saturated rings. The van der Waals surface area contributed by atoms with Gasteiger partial charge in [0.2, 0.25) is 0 Å². The van der Waals surface area contributed by atoms with Gasteiger partial charge in [-0.25, -0.2) is 9.37 Å². The average molecular weight is 479 g/mol. The molecule has 0 radical (unpaired) electrons. The number of rotatable bonds is 6. The molecule has 0 unspecified atom stereocenters. The molecule has 0 amide bonds. The third kappa shape index (κ3) is 4.15. The minimum atomic E-state index is -0.492. The fourth-order valence-corrected chi connectivity index (χ4v) is 6.47. The zero-order chi connectivity index (χ0) is 22.9. The van der Waals surface area contributed by atoms with Crippen LogP contribution in [0.5, 0.6) is 0 Å². The number of fused-ring (bicyclic) bond motifs is 3. The van der Waals surface area contributed by atoms with Gasteiger partial charge >= 0.3 is 0 Å². The predicted octanol–water partition coefficient (Wildman–Crippen LogP) is 6.00. The van der Waals surface area contributed by atoms with E-state index in [1.54, 1.807) is 29.5 Å². The van der Waals surface area contributed by atoms with E-state index in [1.807, 2.05) is 24.3 Å². The molecule has 0 spiro atoms. The second kappa shape index (κ2) is 9.23. The van der Waals surface area contributed by atoms with Crippen molar-refractivity contribution in [2.45, 2.75) is 44.2 Å². The van der Waals surface area contributed by atoms with Crippen LogP contribution in [0.3, 0.4) is 0 Å². The fourth-order valence-electron chi connectivity index (χ4n) is 4.27. The maximum absolute atomic E-state index is 14.8. The van der Waals surface area contributed by atoms with Crippen molar-refractivity contribution in [1.29, 1.82) is 0 Å². The third-order valence-electron chi connectivity index (χ3n) is 6.07. The van der Waals surface area contributed by atoms with E-state index in [-0.39, 0.29) is 22.8 Å². The van der Waals surface area contributed by atoms with Crippen LogP contribution in [0, 0.1) is 5.82 Å². The lowest BCUT2D eigenvalue weighted by molar-refractivity contribution is 0.102. The first-order valence-corrected chi connectivity index (χ1v) is 12.9. The lowest BCUT2D eigenvalue weighted by Crippen LogP contribution is -2.23. The Labute approximate surface area is 199 Å². The first-order chi connectivity index (χ1) is 16.1. The number of Topliss-reactive ketones (excluding diaryl/α,β-unsaturated/α-hetero) is 1. The largest absolute Gasteiger partial charge is 0.293 e. The normalized spacial score (nSPS) is 13.3. The molecule has 0 atom stereocenters. The Morgan fingerprint density at radius 2 is 1.88 bits per heavy atom. The summed E-state index contributed by atoms with van der Waals surface area (Å²) in [6.07, 6.45) is 4.85. The molecule has 2 heterocycles. The molecule has 4 aromatic rings. The standard InChI is InChI=1S/C26H23FN2O2S2/c1-2-16-11-13-17(14-12-16)21(30)15-32-26-28-24-23(18-7-3-6-10-22(18)33-24)25(31)29(26)20-9-5-4-8-19(20)27/h4-5,8-9,11-14H,2-3,6-7,10,15H2,1H3. The number of thiophene rings is 1. The summed E-state index contributed by atoms with van der Waals surface area (Å²) >= 11 is 2.74. The molecule has 33 heavy (non-hydrogen) atoms. The highest BCUT2D eigenvalue weighted by atomic mass is 32.2. The first kappa shape index (κ1) is 22.0. The summed E-state index contributed by atoms with van der Waals surface area (Å²) in [6.45, 7) is 2.07. The van der Waals surface area contributed by atoms with Gasteiger partial charge in [-0.1, -0.05) is 55.1 Å². The number of benzene rings is 2. The van der Waals surface area contributed by atoms with Crippen LogP contribution >= 0.6 is 23.1 Å². The highest BCUT2D eigenvalue weighted by Gasteiger charge is 2.24. The summed E-state index contributed by atoms with van der Waals surface area (Å²) in [5.41, 5.74) is 2.75. The maximum atomic E-state index is 14.8. The summed E-state index contributed by atoms with van der Waals surface area (Å²) in [5, 5.41) is 0.943. The summed E-state index contributed by atoms with van der Waals surface area (Å²) in [5.74, 6) is -0.432. The minimum Gasteiger partial charge on any atom is -0.293 e. The number of carbonyl (C=O) groups is 1. The summed E-state index contributed by atoms with van der Waals surface area (Å²) in [4.78, 5) is 33.2. The van der Waals surface area contributed by atoms with Crippen molar-refractivity contribution >= 4 is 39.1 Å². The van der Waals surface area contributed by atoms with Crippen LogP contribution in [-0.4, -0.2) is 21.1 Å². The molecule has 0 bridgehead atoms. The number of ketones is 1. The number of aryl methyl sites for hydroxylation is 3. The van der Waals surface area contributed by atoms with Gasteiger partial charge in [0, 0.05) is 10.4 Å². The number of carbonyl (C=O) groups excluding carboxylic acids is 1. The number of halogens is 1. The molecule has 2 aromatic heterocycles. The van der Waals surface area contributed by atoms with Crippen LogP contribution in [0.1, 0.15) is 46.1 Å². The van der Waals surface area contributed by atoms with Gasteiger partial charge in [-0.2, -0.15) is 0 Å². The molecule has 1 aliphatic rings. The van der Waals surface area contributed by atoms with Gasteiger partial charge in [-0.3, -0.25) is 14.2 Å². The second-order valence-electron chi connectivity index (χ2n) is 8.14. The van der Waals surface area contributed by atoms with Crippen molar-refractivity contribution in [3.63, 3.8) is 0 Å². The third-order valence-corrected chi connectivity index (χ3v) is 8.19. The fraction of sp³-hybridized carbons (Fsp3) is 0.269. The Bertz CT molecular complexity index is 1410. The average Bonchev–Trinajstić information content (AvgIpc) is 3.22. The van der Waals surface area contributed by atoms with E-state index in [1.165, 1.54) is 32.8 Å². The van der Waals surface area contributed by atoms with Gasteiger partial charge in [0.1, 0.15) is 10.6 Å². The van der Waals surface area contributed by atoms with Crippen molar-refractivity contribution in [2.24, 2.45) is 0 Å². The number of hydrogen-bond acceptors (Lipinski definition) is 5. The van der Waals surface area contributed by atoms with E-state index in [4.69, 9.17) is 4.98 Å². The van der Waals surface area contributed by atoms with Gasteiger partial charge in [0.05, 0.1) is 16.8 Å². The van der Waals surface area contributed by atoms with Crippen LogP contribution in [-0.2, 0) is 19.3 Å². The summed E-state index contributed by atoms with van der Waals surface area (Å²) in [6, 6.07) is 13.8. The molecule has 7 heteroatoms. The molecule has 0 N–H and O–H groups in total. The SMILES string of the molecule is CCc1ccc(C(=O)CSc2nc3sc4c(c3c(=O)n2-c2ccccc2F)CCCC4)cc1. The molecule has 2 aromatic carbocycles. The lowest BCUT2D eigenvalue weighted by Gasteiger charge is -2.14. The highest BCUT2D eigenvalue weighted by molar-refractivity contribution is 7.99. The Morgan fingerprint density at radius 1 is 1.12 bits per heavy atom. The van der Waals surface area contributed by atoms with Crippen molar-refractivity contribution < 1.29 is 9.18 Å². The number of nitrogens with zero attached hydrogens (tertiary/aromatic N) is 2. The Kier molecular flexibility index (Phi) is 6.17. The predicted molar refractivity (Wildman–Crippen MR) is 133 cm³/mol. The first-order valence-electron chi connectivity index (χ1n) is 11.1. The molecule has 0 saturated carbocycles. The van der Waals surface area contributed by atoms with Crippen LogP contribution < -0.4 is 5.56 Å². The van der Waals surface area contributed by atoms with Crippen LogP contribution in [0.25, 0.3) is 15.9 Å². The Balaban J connectivity index is 1.58. The molecular weight excluding hydrogens is 455 g/mol. The van der Waals surface area contributed by atoms with Crippen molar-refractivity contribution in [3.8, 4) is 5.69 Å². The van der Waals surface area contributed by atoms with Crippen LogP contribution in [0.15, 0.2) is 58.5 Å². The number of thioether (sulfide) groups is 1. The minimum absolute atomic E-state index is 0.0532. The van der Waals surface area contributed by atoms with Gasteiger partial charge in [-0.05, 0) is 55.4 Å². The van der Waals surface area contributed by atoms with Gasteiger partial charge in [0.15, 0.2) is 10.9 Å². The van der Waals surface area contributed by atoms with Crippen molar-refractivity contribution in [2.75, 3.05) is 5.75 Å². The maximum Gasteiger partial charge on any atom is 0.267 e. The quantitative estimate of drug-likeness (QED) is 0.194. The molecule has 5 rings (SSSR count). The van der Waals surface area contributed by atoms with E-state index in [9.17, 15) is 14.0 Å². The molecule has 4 nitrogen and oxygen atoms in total. The van der Waals surface area contributed by atoms with Crippen molar-refractivity contribution in [3.05, 3.63) is 86.3 Å².